The zero-order valence-corrected chi connectivity index (χ0v) is 15.6. The van der Waals surface area contributed by atoms with Crippen molar-refractivity contribution < 1.29 is 19.2 Å². The van der Waals surface area contributed by atoms with Crippen LogP contribution in [0.15, 0.2) is 24.3 Å². The summed E-state index contributed by atoms with van der Waals surface area (Å²) in [5.41, 5.74) is 6.60. The topological polar surface area (TPSA) is 77.1 Å². The molecule has 1 aromatic rings. The van der Waals surface area contributed by atoms with Crippen molar-refractivity contribution in [1.82, 2.24) is 4.90 Å². The van der Waals surface area contributed by atoms with Gasteiger partial charge in [0, 0.05) is 43.3 Å². The van der Waals surface area contributed by atoms with Crippen molar-refractivity contribution in [2.24, 2.45) is 17.6 Å². The summed E-state index contributed by atoms with van der Waals surface area (Å²) in [6.07, 6.45) is 3.27. The number of ether oxygens (including phenoxy) is 1. The number of nitrogens with two attached hydrogens (primary N) is 1. The Morgan fingerprint density at radius 1 is 1.12 bits per heavy atom. The first-order valence-corrected chi connectivity index (χ1v) is 9.62. The first-order chi connectivity index (χ1) is 12.6. The lowest BCUT2D eigenvalue weighted by molar-refractivity contribution is -0.919. The number of piperidine rings is 2. The summed E-state index contributed by atoms with van der Waals surface area (Å²) in [4.78, 5) is 27.5. The molecule has 6 heteroatoms. The number of para-hydroxylation sites is 1. The maximum absolute atomic E-state index is 12.8. The molecule has 1 aromatic carbocycles. The fraction of sp³-hybridized carbons (Fsp3) is 0.600. The summed E-state index contributed by atoms with van der Waals surface area (Å²) >= 11 is 0. The monoisotopic (exact) mass is 360 g/mol. The molecule has 0 unspecified atom stereocenters. The van der Waals surface area contributed by atoms with Gasteiger partial charge in [-0.25, -0.2) is 0 Å². The Morgan fingerprint density at radius 3 is 2.38 bits per heavy atom. The lowest BCUT2D eigenvalue weighted by atomic mass is 9.91. The fourth-order valence-electron chi connectivity index (χ4n) is 4.21. The highest BCUT2D eigenvalue weighted by atomic mass is 16.5. The van der Waals surface area contributed by atoms with Gasteiger partial charge in [-0.15, -0.1) is 0 Å². The Kier molecular flexibility index (Phi) is 6.14. The number of benzene rings is 1. The number of nitrogens with zero attached hydrogens (tertiary/aromatic N) is 1. The van der Waals surface area contributed by atoms with Crippen LogP contribution in [0.4, 0.5) is 0 Å². The second-order valence-corrected chi connectivity index (χ2v) is 7.51. The molecule has 0 spiro atoms. The highest BCUT2D eigenvalue weighted by molar-refractivity contribution is 5.80. The maximum Gasteiger partial charge on any atom is 0.226 e. The van der Waals surface area contributed by atoms with Crippen LogP contribution < -0.4 is 15.4 Å². The van der Waals surface area contributed by atoms with Crippen LogP contribution in [0.3, 0.4) is 0 Å². The number of primary amides is 1. The Morgan fingerprint density at radius 2 is 1.77 bits per heavy atom. The van der Waals surface area contributed by atoms with Crippen molar-refractivity contribution >= 4 is 11.8 Å². The van der Waals surface area contributed by atoms with E-state index in [1.54, 1.807) is 7.11 Å². The van der Waals surface area contributed by atoms with E-state index in [1.807, 2.05) is 23.1 Å². The van der Waals surface area contributed by atoms with Gasteiger partial charge >= 0.3 is 0 Å². The molecule has 2 aliphatic rings. The predicted octanol–water partition coefficient (Wildman–Crippen LogP) is 0.214. The van der Waals surface area contributed by atoms with Crippen LogP contribution in [0.25, 0.3) is 0 Å². The second kappa shape index (κ2) is 8.54. The summed E-state index contributed by atoms with van der Waals surface area (Å²) < 4.78 is 5.44. The molecule has 2 heterocycles. The minimum absolute atomic E-state index is 0.0637. The van der Waals surface area contributed by atoms with E-state index in [1.165, 1.54) is 10.5 Å². The molecule has 2 amide bonds. The van der Waals surface area contributed by atoms with Gasteiger partial charge in [-0.05, 0) is 25.0 Å². The van der Waals surface area contributed by atoms with Crippen molar-refractivity contribution in [3.8, 4) is 5.75 Å². The first-order valence-electron chi connectivity index (χ1n) is 9.62. The van der Waals surface area contributed by atoms with Gasteiger partial charge in [0.1, 0.15) is 12.3 Å². The Bertz CT molecular complexity index is 633. The summed E-state index contributed by atoms with van der Waals surface area (Å²) in [5, 5.41) is 0. The van der Waals surface area contributed by atoms with E-state index in [0.29, 0.717) is 25.9 Å². The fourth-order valence-corrected chi connectivity index (χ4v) is 4.21. The highest BCUT2D eigenvalue weighted by Crippen LogP contribution is 2.22. The normalized spacial score (nSPS) is 24.3. The molecule has 2 aliphatic heterocycles. The van der Waals surface area contributed by atoms with E-state index < -0.39 is 0 Å². The van der Waals surface area contributed by atoms with Gasteiger partial charge < -0.3 is 20.3 Å². The second-order valence-electron chi connectivity index (χ2n) is 7.51. The quantitative estimate of drug-likeness (QED) is 0.788. The molecule has 2 fully saturated rings. The van der Waals surface area contributed by atoms with Crippen molar-refractivity contribution in [2.45, 2.75) is 32.2 Å². The van der Waals surface area contributed by atoms with E-state index in [-0.39, 0.29) is 23.7 Å². The van der Waals surface area contributed by atoms with Gasteiger partial charge in [0.15, 0.2) is 0 Å². The van der Waals surface area contributed by atoms with Crippen molar-refractivity contribution in [2.75, 3.05) is 33.3 Å². The maximum atomic E-state index is 12.8. The van der Waals surface area contributed by atoms with Gasteiger partial charge in [0.25, 0.3) is 0 Å². The number of rotatable bonds is 5. The Hall–Kier alpha value is -2.08. The molecule has 0 radical (unpaired) electrons. The largest absolute Gasteiger partial charge is 0.496 e. The van der Waals surface area contributed by atoms with E-state index in [9.17, 15) is 9.59 Å². The lowest BCUT2D eigenvalue weighted by Gasteiger charge is -2.35. The highest BCUT2D eigenvalue weighted by Gasteiger charge is 2.33. The minimum Gasteiger partial charge on any atom is -0.496 e. The molecule has 0 aliphatic carbocycles. The predicted molar refractivity (Wildman–Crippen MR) is 98.6 cm³/mol. The van der Waals surface area contributed by atoms with Crippen LogP contribution in [0.1, 0.15) is 31.2 Å². The first kappa shape index (κ1) is 18.7. The third-order valence-corrected chi connectivity index (χ3v) is 5.88. The molecule has 0 aromatic heterocycles. The van der Waals surface area contributed by atoms with Crippen LogP contribution in [0, 0.1) is 11.8 Å². The van der Waals surface area contributed by atoms with E-state index in [0.717, 1.165) is 38.2 Å². The van der Waals surface area contributed by atoms with Crippen molar-refractivity contribution in [1.29, 1.82) is 0 Å². The number of hydrogen-bond donors (Lipinski definition) is 2. The van der Waals surface area contributed by atoms with Crippen LogP contribution in [0.2, 0.25) is 0 Å². The summed E-state index contributed by atoms with van der Waals surface area (Å²) in [6.45, 7) is 4.29. The zero-order valence-electron chi connectivity index (χ0n) is 15.6. The van der Waals surface area contributed by atoms with Gasteiger partial charge in [-0.3, -0.25) is 9.59 Å². The van der Waals surface area contributed by atoms with E-state index in [4.69, 9.17) is 10.5 Å². The molecule has 3 rings (SSSR count). The van der Waals surface area contributed by atoms with Crippen molar-refractivity contribution in [3.05, 3.63) is 29.8 Å². The number of methoxy groups -OCH3 is 1. The SMILES string of the molecule is COc1ccccc1C[NH+]1CCC(C(=O)N2CCC(C(N)=O)CC2)CC1. The number of carbonyl (C=O) groups is 2. The minimum atomic E-state index is -0.231. The van der Waals surface area contributed by atoms with Gasteiger partial charge in [-0.1, -0.05) is 12.1 Å². The molecular formula is C20H30N3O3+. The average molecular weight is 360 g/mol. The van der Waals surface area contributed by atoms with Crippen LogP contribution in [0.5, 0.6) is 5.75 Å². The van der Waals surface area contributed by atoms with Gasteiger partial charge in [0.05, 0.1) is 20.2 Å². The number of quaternary nitrogens is 1. The lowest BCUT2D eigenvalue weighted by Crippen LogP contribution is -3.11. The molecule has 3 N–H and O–H groups in total. The number of nitrogens with one attached hydrogen (secondary N) is 1. The van der Waals surface area contributed by atoms with Crippen LogP contribution >= 0.6 is 0 Å². The third kappa shape index (κ3) is 4.36. The molecule has 2 saturated heterocycles. The third-order valence-electron chi connectivity index (χ3n) is 5.88. The summed E-state index contributed by atoms with van der Waals surface area (Å²) in [7, 11) is 1.71. The summed E-state index contributed by atoms with van der Waals surface area (Å²) in [5.74, 6) is 1.04. The zero-order chi connectivity index (χ0) is 18.5. The van der Waals surface area contributed by atoms with Crippen molar-refractivity contribution in [3.63, 3.8) is 0 Å². The molecule has 142 valence electrons. The standard InChI is InChI=1S/C20H29N3O3/c1-26-18-5-3-2-4-17(18)14-22-10-6-16(7-11-22)20(25)23-12-8-15(9-13-23)19(21)24/h2-5,15-16H,6-14H2,1H3,(H2,21,24)/p+1. The van der Waals surface area contributed by atoms with Gasteiger partial charge in [-0.2, -0.15) is 0 Å². The molecule has 6 nitrogen and oxygen atoms in total. The molecule has 0 atom stereocenters. The Balaban J connectivity index is 1.48. The van der Waals surface area contributed by atoms with E-state index in [2.05, 4.69) is 6.07 Å². The van der Waals surface area contributed by atoms with E-state index >= 15 is 0 Å². The van der Waals surface area contributed by atoms with Crippen LogP contribution in [-0.2, 0) is 16.1 Å². The Labute approximate surface area is 155 Å². The molecule has 0 saturated carbocycles. The molecule has 0 bridgehead atoms. The smallest absolute Gasteiger partial charge is 0.226 e. The number of carbonyl (C=O) groups excluding carboxylic acids is 2. The number of hydrogen-bond acceptors (Lipinski definition) is 3. The summed E-state index contributed by atoms with van der Waals surface area (Å²) in [6, 6.07) is 8.15. The molecule has 26 heavy (non-hydrogen) atoms. The average Bonchev–Trinajstić information content (AvgIpc) is 2.68. The molecular weight excluding hydrogens is 330 g/mol. The number of amides is 2. The number of likely N-dealkylation sites (tertiary alicyclic amines) is 2. The van der Waals surface area contributed by atoms with Gasteiger partial charge in [0.2, 0.25) is 11.8 Å². The van der Waals surface area contributed by atoms with Crippen LogP contribution in [-0.4, -0.2) is 50.0 Å².